The van der Waals surface area contributed by atoms with Gasteiger partial charge in [0.1, 0.15) is 6.17 Å². The van der Waals surface area contributed by atoms with Crippen LogP contribution in [0.15, 0.2) is 54.6 Å². The summed E-state index contributed by atoms with van der Waals surface area (Å²) in [7, 11) is -4.62. The average Bonchev–Trinajstić information content (AvgIpc) is 3.20. The van der Waals surface area contributed by atoms with E-state index in [1.165, 1.54) is 83.5 Å². The molecule has 38 heavy (non-hydrogen) atoms. The summed E-state index contributed by atoms with van der Waals surface area (Å²) in [5.41, 5.74) is 2.42. The van der Waals surface area contributed by atoms with Crippen LogP contribution in [0.25, 0.3) is 0 Å². The van der Waals surface area contributed by atoms with Gasteiger partial charge in [0.25, 0.3) is 0 Å². The molecule has 0 saturated carbocycles. The Morgan fingerprint density at radius 2 is 1.11 bits per heavy atom. The second-order valence-corrected chi connectivity index (χ2v) is 11.8. The Labute approximate surface area is 254 Å². The summed E-state index contributed by atoms with van der Waals surface area (Å²) in [6, 6.07) is 17.4. The SMILES string of the molecule is CCCCCCCCCCCCCCCCCC1N(Cc2ccccc2)c2ccccc2N1S(=O)(=O)[O-].[Na+]. The van der Waals surface area contributed by atoms with E-state index >= 15 is 0 Å². The van der Waals surface area contributed by atoms with Crippen molar-refractivity contribution in [1.29, 1.82) is 0 Å². The van der Waals surface area contributed by atoms with E-state index in [0.29, 0.717) is 18.7 Å². The zero-order chi connectivity index (χ0) is 26.3. The van der Waals surface area contributed by atoms with Gasteiger partial charge in [-0.25, -0.2) is 8.42 Å². The molecule has 0 N–H and O–H groups in total. The number of anilines is 2. The van der Waals surface area contributed by atoms with Crippen LogP contribution in [0.2, 0.25) is 0 Å². The van der Waals surface area contributed by atoms with Crippen LogP contribution in [0.4, 0.5) is 11.4 Å². The molecule has 0 bridgehead atoms. The van der Waals surface area contributed by atoms with Gasteiger partial charge >= 0.3 is 29.6 Å². The van der Waals surface area contributed by atoms with Crippen molar-refractivity contribution in [3.63, 3.8) is 0 Å². The van der Waals surface area contributed by atoms with Crippen molar-refractivity contribution in [2.45, 2.75) is 122 Å². The van der Waals surface area contributed by atoms with Gasteiger partial charge in [0.2, 0.25) is 0 Å². The first kappa shape index (κ1) is 33.2. The van der Waals surface area contributed by atoms with Crippen molar-refractivity contribution in [3.8, 4) is 0 Å². The van der Waals surface area contributed by atoms with Gasteiger partial charge in [0.15, 0.2) is 10.3 Å². The summed E-state index contributed by atoms with van der Waals surface area (Å²) in [6.07, 6.45) is 19.6. The molecule has 1 unspecified atom stereocenters. The summed E-state index contributed by atoms with van der Waals surface area (Å²) in [4.78, 5) is 2.09. The number of fused-ring (bicyclic) bond motifs is 1. The molecule has 0 aromatic heterocycles. The van der Waals surface area contributed by atoms with E-state index in [4.69, 9.17) is 0 Å². The predicted octanol–water partition coefficient (Wildman–Crippen LogP) is 5.57. The van der Waals surface area contributed by atoms with Crippen LogP contribution >= 0.6 is 0 Å². The topological polar surface area (TPSA) is 63.7 Å². The summed E-state index contributed by atoms with van der Waals surface area (Å²) >= 11 is 0. The van der Waals surface area contributed by atoms with Crippen LogP contribution in [-0.2, 0) is 16.8 Å². The third-order valence-corrected chi connectivity index (χ3v) is 8.48. The molecule has 0 radical (unpaired) electrons. The molecule has 1 heterocycles. The maximum absolute atomic E-state index is 12.3. The molecule has 2 aromatic rings. The fourth-order valence-electron chi connectivity index (χ4n) is 5.55. The predicted molar refractivity (Wildman–Crippen MR) is 155 cm³/mol. The largest absolute Gasteiger partial charge is 1.00 e. The molecular weight excluding hydrogens is 503 g/mol. The Hall–Kier alpha value is -1.05. The van der Waals surface area contributed by atoms with Gasteiger partial charge in [0.05, 0.1) is 11.4 Å². The normalized spacial score (nSPS) is 14.9. The molecule has 2 aromatic carbocycles. The first-order valence-corrected chi connectivity index (χ1v) is 16.0. The van der Waals surface area contributed by atoms with Gasteiger partial charge in [-0.1, -0.05) is 139 Å². The van der Waals surface area contributed by atoms with Gasteiger partial charge in [-0.3, -0.25) is 4.31 Å². The van der Waals surface area contributed by atoms with Crippen molar-refractivity contribution in [2.24, 2.45) is 0 Å². The third kappa shape index (κ3) is 10.8. The zero-order valence-corrected chi connectivity index (χ0v) is 26.6. The molecule has 0 saturated heterocycles. The molecule has 1 atom stereocenters. The number of benzene rings is 2. The van der Waals surface area contributed by atoms with Crippen molar-refractivity contribution in [3.05, 3.63) is 60.2 Å². The van der Waals surface area contributed by atoms with Gasteiger partial charge in [-0.2, -0.15) is 0 Å². The Morgan fingerprint density at radius 1 is 0.658 bits per heavy atom. The molecule has 3 rings (SSSR count). The number of para-hydroxylation sites is 2. The van der Waals surface area contributed by atoms with Crippen molar-refractivity contribution >= 4 is 21.7 Å². The molecule has 7 heteroatoms. The minimum absolute atomic E-state index is 0. The fourth-order valence-corrected chi connectivity index (χ4v) is 6.47. The van der Waals surface area contributed by atoms with Crippen molar-refractivity contribution in [2.75, 3.05) is 9.21 Å². The molecular formula is C31H47N2NaO3S. The van der Waals surface area contributed by atoms with Crippen molar-refractivity contribution < 1.29 is 42.5 Å². The number of hydrogen-bond donors (Lipinski definition) is 0. The maximum atomic E-state index is 12.3. The standard InChI is InChI=1S/C31H48N2O3S.Na/c1-2-3-4-5-6-7-8-9-10-11-12-13-14-15-19-26-31-32(27-28-22-17-16-18-23-28)29-24-20-21-25-30(29)33(31)37(34,35)36;/h16-18,20-25,31H,2-15,19,26-27H2,1H3,(H,34,35,36);/q;+1/p-1. The van der Waals surface area contributed by atoms with Crippen LogP contribution in [0.5, 0.6) is 0 Å². The van der Waals surface area contributed by atoms with E-state index in [0.717, 1.165) is 28.4 Å². The summed E-state index contributed by atoms with van der Waals surface area (Å²) in [5, 5.41) is 0. The number of nitrogens with zero attached hydrogens (tertiary/aromatic N) is 2. The molecule has 1 aliphatic heterocycles. The molecule has 1 aliphatic rings. The van der Waals surface area contributed by atoms with Gasteiger partial charge < -0.3 is 9.45 Å². The summed E-state index contributed by atoms with van der Waals surface area (Å²) in [6.45, 7) is 2.84. The van der Waals surface area contributed by atoms with Crippen LogP contribution in [0, 0.1) is 0 Å². The minimum atomic E-state index is -4.62. The monoisotopic (exact) mass is 550 g/mol. The molecule has 0 aliphatic carbocycles. The van der Waals surface area contributed by atoms with E-state index in [-0.39, 0.29) is 29.6 Å². The van der Waals surface area contributed by atoms with Crippen LogP contribution < -0.4 is 38.8 Å². The maximum Gasteiger partial charge on any atom is 1.00 e. The van der Waals surface area contributed by atoms with Crippen LogP contribution in [0.1, 0.15) is 115 Å². The van der Waals surface area contributed by atoms with Gasteiger partial charge in [0, 0.05) is 6.54 Å². The smallest absolute Gasteiger partial charge is 0.731 e. The molecule has 0 fully saturated rings. The summed E-state index contributed by atoms with van der Waals surface area (Å²) in [5.74, 6) is 0. The Balaban J connectivity index is 0.00000507. The Kier molecular flexibility index (Phi) is 16.0. The van der Waals surface area contributed by atoms with Gasteiger partial charge in [-0.15, -0.1) is 0 Å². The Bertz CT molecular complexity index is 1000. The molecule has 0 amide bonds. The molecule has 0 spiro atoms. The van der Waals surface area contributed by atoms with E-state index in [2.05, 4.69) is 11.8 Å². The molecule has 5 nitrogen and oxygen atoms in total. The third-order valence-electron chi connectivity index (χ3n) is 7.56. The van der Waals surface area contributed by atoms with E-state index in [1.807, 2.05) is 42.5 Å². The number of hydrogen-bond acceptors (Lipinski definition) is 4. The Morgan fingerprint density at radius 3 is 1.61 bits per heavy atom. The van der Waals surface area contributed by atoms with Crippen molar-refractivity contribution in [1.82, 2.24) is 0 Å². The quantitative estimate of drug-likeness (QED) is 0.130. The second kappa shape index (κ2) is 18.3. The van der Waals surface area contributed by atoms with Crippen LogP contribution in [-0.4, -0.2) is 19.1 Å². The second-order valence-electron chi connectivity index (χ2n) is 10.6. The zero-order valence-electron chi connectivity index (χ0n) is 23.8. The van der Waals surface area contributed by atoms with Crippen LogP contribution in [0.3, 0.4) is 0 Å². The van der Waals surface area contributed by atoms with E-state index in [9.17, 15) is 13.0 Å². The minimum Gasteiger partial charge on any atom is -0.731 e. The van der Waals surface area contributed by atoms with Gasteiger partial charge in [-0.05, 0) is 30.5 Å². The number of unbranched alkanes of at least 4 members (excludes halogenated alkanes) is 14. The fraction of sp³-hybridized carbons (Fsp3) is 0.613. The molecule has 206 valence electrons. The first-order chi connectivity index (χ1) is 18.0. The van der Waals surface area contributed by atoms with E-state index in [1.54, 1.807) is 12.1 Å². The number of rotatable bonds is 19. The summed E-state index contributed by atoms with van der Waals surface area (Å²) < 4.78 is 38.0. The first-order valence-electron chi connectivity index (χ1n) is 14.7. The van der Waals surface area contributed by atoms with E-state index < -0.39 is 16.5 Å². The average molecular weight is 551 g/mol.